The second-order valence-corrected chi connectivity index (χ2v) is 4.01. The molecule has 9 heavy (non-hydrogen) atoms. The first kappa shape index (κ1) is 9.22. The summed E-state index contributed by atoms with van der Waals surface area (Å²) in [5.74, 6) is 0.581. The van der Waals surface area contributed by atoms with E-state index in [0.29, 0.717) is 11.3 Å². The Morgan fingerprint density at radius 3 is 2.00 bits per heavy atom. The van der Waals surface area contributed by atoms with E-state index >= 15 is 0 Å². The van der Waals surface area contributed by atoms with E-state index in [2.05, 4.69) is 43.3 Å². The van der Waals surface area contributed by atoms with E-state index in [0.717, 1.165) is 5.33 Å². The highest BCUT2D eigenvalue weighted by Gasteiger charge is 2.19. The topological polar surface area (TPSA) is 0 Å². The van der Waals surface area contributed by atoms with E-state index in [1.54, 1.807) is 0 Å². The first-order valence-corrected chi connectivity index (χ1v) is 4.33. The highest BCUT2D eigenvalue weighted by Crippen LogP contribution is 2.27. The summed E-state index contributed by atoms with van der Waals surface area (Å²) in [5, 5.41) is 1.01. The van der Waals surface area contributed by atoms with Crippen LogP contribution in [0.5, 0.6) is 0 Å². The maximum atomic E-state index is 3.77. The molecule has 0 radical (unpaired) electrons. The van der Waals surface area contributed by atoms with Crippen molar-refractivity contribution in [3.8, 4) is 0 Å². The number of hydrogen-bond acceptors (Lipinski definition) is 0. The molecule has 0 saturated heterocycles. The standard InChI is InChI=1S/C8H15Br/c1-5-7(6-9)8(2,3)4/h5,7H,1,6H2,2-4H3. The first-order chi connectivity index (χ1) is 4.02. The lowest BCUT2D eigenvalue weighted by Gasteiger charge is -2.25. The van der Waals surface area contributed by atoms with Crippen molar-refractivity contribution in [1.82, 2.24) is 0 Å². The van der Waals surface area contributed by atoms with E-state index in [-0.39, 0.29) is 0 Å². The van der Waals surface area contributed by atoms with Crippen molar-refractivity contribution in [2.75, 3.05) is 5.33 Å². The Morgan fingerprint density at radius 1 is 1.56 bits per heavy atom. The van der Waals surface area contributed by atoms with Gasteiger partial charge in [-0.25, -0.2) is 0 Å². The van der Waals surface area contributed by atoms with Gasteiger partial charge in [-0.15, -0.1) is 6.58 Å². The lowest BCUT2D eigenvalue weighted by molar-refractivity contribution is 0.321. The van der Waals surface area contributed by atoms with Gasteiger partial charge in [0.25, 0.3) is 0 Å². The highest BCUT2D eigenvalue weighted by atomic mass is 79.9. The fourth-order valence-corrected chi connectivity index (χ4v) is 1.88. The normalized spacial score (nSPS) is 15.1. The fourth-order valence-electron chi connectivity index (χ4n) is 0.648. The zero-order valence-electron chi connectivity index (χ0n) is 6.45. The molecule has 1 unspecified atom stereocenters. The molecule has 0 heterocycles. The highest BCUT2D eigenvalue weighted by molar-refractivity contribution is 9.09. The molecule has 0 spiro atoms. The lowest BCUT2D eigenvalue weighted by atomic mass is 9.82. The van der Waals surface area contributed by atoms with E-state index < -0.39 is 0 Å². The van der Waals surface area contributed by atoms with E-state index in [1.165, 1.54) is 0 Å². The third-order valence-electron chi connectivity index (χ3n) is 1.56. The van der Waals surface area contributed by atoms with Crippen molar-refractivity contribution < 1.29 is 0 Å². The van der Waals surface area contributed by atoms with Gasteiger partial charge < -0.3 is 0 Å². The van der Waals surface area contributed by atoms with Gasteiger partial charge in [-0.2, -0.15) is 0 Å². The molecular weight excluding hydrogens is 176 g/mol. The van der Waals surface area contributed by atoms with Crippen LogP contribution in [-0.4, -0.2) is 5.33 Å². The Balaban J connectivity index is 3.94. The number of hydrogen-bond donors (Lipinski definition) is 0. The monoisotopic (exact) mass is 190 g/mol. The number of allylic oxidation sites excluding steroid dienone is 1. The molecule has 0 rings (SSSR count). The first-order valence-electron chi connectivity index (χ1n) is 3.21. The molecule has 0 bridgehead atoms. The van der Waals surface area contributed by atoms with Crippen LogP contribution in [0.15, 0.2) is 12.7 Å². The summed E-state index contributed by atoms with van der Waals surface area (Å²) in [5.41, 5.74) is 0.352. The van der Waals surface area contributed by atoms with Gasteiger partial charge >= 0.3 is 0 Å². The summed E-state index contributed by atoms with van der Waals surface area (Å²) in [6, 6.07) is 0. The van der Waals surface area contributed by atoms with Gasteiger partial charge in [0.15, 0.2) is 0 Å². The zero-order valence-corrected chi connectivity index (χ0v) is 8.03. The Kier molecular flexibility index (Phi) is 3.49. The molecule has 0 nitrogen and oxygen atoms in total. The average Bonchev–Trinajstić information content (AvgIpc) is 1.65. The van der Waals surface area contributed by atoms with Crippen LogP contribution in [0.2, 0.25) is 0 Å². The molecule has 0 aromatic rings. The smallest absolute Gasteiger partial charge is 0.00992 e. The predicted molar refractivity (Wildman–Crippen MR) is 46.9 cm³/mol. The average molecular weight is 191 g/mol. The predicted octanol–water partition coefficient (Wildman–Crippen LogP) is 3.23. The minimum atomic E-state index is 0.352. The maximum Gasteiger partial charge on any atom is 0.00992 e. The van der Waals surface area contributed by atoms with E-state index in [9.17, 15) is 0 Å². The van der Waals surface area contributed by atoms with Gasteiger partial charge in [0.1, 0.15) is 0 Å². The molecule has 1 heteroatoms. The summed E-state index contributed by atoms with van der Waals surface area (Å²) < 4.78 is 0. The lowest BCUT2D eigenvalue weighted by Crippen LogP contribution is -2.19. The molecule has 1 atom stereocenters. The second-order valence-electron chi connectivity index (χ2n) is 3.36. The molecular formula is C8H15Br. The molecule has 0 aliphatic carbocycles. The van der Waals surface area contributed by atoms with Gasteiger partial charge in [-0.3, -0.25) is 0 Å². The van der Waals surface area contributed by atoms with Gasteiger partial charge in [-0.05, 0) is 11.3 Å². The largest absolute Gasteiger partial charge is 0.103 e. The maximum absolute atomic E-state index is 3.77. The van der Waals surface area contributed by atoms with Crippen molar-refractivity contribution in [3.05, 3.63) is 12.7 Å². The SMILES string of the molecule is C=CC(CBr)C(C)(C)C. The van der Waals surface area contributed by atoms with Crippen LogP contribution >= 0.6 is 15.9 Å². The quantitative estimate of drug-likeness (QED) is 0.464. The van der Waals surface area contributed by atoms with Crippen molar-refractivity contribution >= 4 is 15.9 Å². The molecule has 0 aliphatic heterocycles. The van der Waals surface area contributed by atoms with Crippen LogP contribution in [0.4, 0.5) is 0 Å². The Hall–Kier alpha value is 0.220. The van der Waals surface area contributed by atoms with Crippen LogP contribution in [0.25, 0.3) is 0 Å². The number of rotatable bonds is 2. The molecule has 54 valence electrons. The van der Waals surface area contributed by atoms with Crippen molar-refractivity contribution in [1.29, 1.82) is 0 Å². The van der Waals surface area contributed by atoms with Crippen LogP contribution in [0.3, 0.4) is 0 Å². The van der Waals surface area contributed by atoms with Crippen LogP contribution in [0, 0.1) is 11.3 Å². The molecule has 0 aromatic heterocycles. The summed E-state index contributed by atoms with van der Waals surface area (Å²) in [6.07, 6.45) is 2.01. The minimum absolute atomic E-state index is 0.352. The van der Waals surface area contributed by atoms with E-state index in [1.807, 2.05) is 6.08 Å². The van der Waals surface area contributed by atoms with Gasteiger partial charge in [0, 0.05) is 5.33 Å². The van der Waals surface area contributed by atoms with E-state index in [4.69, 9.17) is 0 Å². The zero-order chi connectivity index (χ0) is 7.49. The Labute approximate surface area is 66.5 Å². The third kappa shape index (κ3) is 3.04. The van der Waals surface area contributed by atoms with Crippen LogP contribution < -0.4 is 0 Å². The second kappa shape index (κ2) is 3.40. The van der Waals surface area contributed by atoms with Crippen LogP contribution in [0.1, 0.15) is 20.8 Å². The van der Waals surface area contributed by atoms with Crippen molar-refractivity contribution in [2.45, 2.75) is 20.8 Å². The number of alkyl halides is 1. The Morgan fingerprint density at radius 2 is 2.00 bits per heavy atom. The van der Waals surface area contributed by atoms with Crippen molar-refractivity contribution in [3.63, 3.8) is 0 Å². The molecule has 0 amide bonds. The molecule has 0 aromatic carbocycles. The third-order valence-corrected chi connectivity index (χ3v) is 2.26. The fraction of sp³-hybridized carbons (Fsp3) is 0.750. The summed E-state index contributed by atoms with van der Waals surface area (Å²) in [7, 11) is 0. The van der Waals surface area contributed by atoms with Gasteiger partial charge in [-0.1, -0.05) is 42.8 Å². The van der Waals surface area contributed by atoms with Crippen LogP contribution in [-0.2, 0) is 0 Å². The number of halogens is 1. The minimum Gasteiger partial charge on any atom is -0.103 e. The summed E-state index contributed by atoms with van der Waals surface area (Å²) in [4.78, 5) is 0. The molecule has 0 saturated carbocycles. The van der Waals surface area contributed by atoms with Crippen molar-refractivity contribution in [2.24, 2.45) is 11.3 Å². The molecule has 0 aliphatic rings. The molecule has 0 N–H and O–H groups in total. The Bertz CT molecular complexity index is 89.2. The summed E-state index contributed by atoms with van der Waals surface area (Å²) in [6.45, 7) is 10.4. The van der Waals surface area contributed by atoms with Gasteiger partial charge in [0.2, 0.25) is 0 Å². The van der Waals surface area contributed by atoms with Gasteiger partial charge in [0.05, 0.1) is 0 Å². The summed E-state index contributed by atoms with van der Waals surface area (Å²) >= 11 is 3.44. The molecule has 0 fully saturated rings.